The zero-order valence-corrected chi connectivity index (χ0v) is 17.5. The molecule has 1 saturated heterocycles. The molecule has 3 heterocycles. The van der Waals surface area contributed by atoms with Crippen molar-refractivity contribution in [2.45, 2.75) is 39.1 Å². The molecule has 1 aliphatic heterocycles. The average Bonchev–Trinajstić information content (AvgIpc) is 2.98. The Balaban J connectivity index is 1.81. The molecule has 1 fully saturated rings. The molecule has 2 N–H and O–H groups in total. The van der Waals surface area contributed by atoms with Gasteiger partial charge in [0.1, 0.15) is 31.8 Å². The second kappa shape index (κ2) is 7.78. The van der Waals surface area contributed by atoms with Crippen molar-refractivity contribution in [2.24, 2.45) is 7.05 Å². The summed E-state index contributed by atoms with van der Waals surface area (Å²) in [7, 11) is 1.62. The van der Waals surface area contributed by atoms with Gasteiger partial charge in [-0.25, -0.2) is 9.78 Å². The summed E-state index contributed by atoms with van der Waals surface area (Å²) in [4.78, 5) is 33.2. The van der Waals surface area contributed by atoms with Crippen LogP contribution in [0.4, 0.5) is 0 Å². The predicted octanol–water partition coefficient (Wildman–Crippen LogP) is 0.317. The van der Waals surface area contributed by atoms with Gasteiger partial charge in [-0.3, -0.25) is 14.3 Å². The van der Waals surface area contributed by atoms with Crippen molar-refractivity contribution < 1.29 is 9.64 Å². The third-order valence-corrected chi connectivity index (χ3v) is 5.58. The van der Waals surface area contributed by atoms with E-state index in [9.17, 15) is 9.59 Å². The van der Waals surface area contributed by atoms with Crippen LogP contribution in [0.3, 0.4) is 0 Å². The SMILES string of the molecule is C[C@@H]1C[NH+](Cc2nc3c(c(=O)[nH]c(=O)n3C)n2Cc2cccc(Cl)c2)C[C@@H](C)O1. The van der Waals surface area contributed by atoms with Crippen molar-refractivity contribution in [1.82, 2.24) is 19.1 Å². The van der Waals surface area contributed by atoms with E-state index in [-0.39, 0.29) is 12.2 Å². The molecule has 2 atom stereocenters. The summed E-state index contributed by atoms with van der Waals surface area (Å²) >= 11 is 6.15. The minimum absolute atomic E-state index is 0.160. The number of ether oxygens (including phenoxy) is 1. The summed E-state index contributed by atoms with van der Waals surface area (Å²) in [5.41, 5.74) is 0.857. The lowest BCUT2D eigenvalue weighted by atomic mass is 10.2. The van der Waals surface area contributed by atoms with E-state index in [4.69, 9.17) is 21.3 Å². The van der Waals surface area contributed by atoms with E-state index in [1.54, 1.807) is 7.05 Å². The van der Waals surface area contributed by atoms with E-state index in [0.29, 0.717) is 29.3 Å². The minimum atomic E-state index is -0.470. The summed E-state index contributed by atoms with van der Waals surface area (Å²) in [6.45, 7) is 6.95. The number of aromatic amines is 1. The average molecular weight is 419 g/mol. The van der Waals surface area contributed by atoms with Crippen LogP contribution in [-0.4, -0.2) is 44.4 Å². The van der Waals surface area contributed by atoms with Gasteiger partial charge < -0.3 is 14.2 Å². The molecule has 29 heavy (non-hydrogen) atoms. The van der Waals surface area contributed by atoms with Crippen LogP contribution in [0.2, 0.25) is 5.02 Å². The number of H-pyrrole nitrogens is 1. The first kappa shape index (κ1) is 19.9. The third-order valence-electron chi connectivity index (χ3n) is 5.34. The Bertz CT molecular complexity index is 1160. The number of hydrogen-bond acceptors (Lipinski definition) is 4. The maximum Gasteiger partial charge on any atom is 0.329 e. The number of imidazole rings is 1. The Morgan fingerprint density at radius 1 is 1.28 bits per heavy atom. The zero-order valence-electron chi connectivity index (χ0n) is 16.7. The number of nitrogens with zero attached hydrogens (tertiary/aromatic N) is 3. The molecule has 0 saturated carbocycles. The highest BCUT2D eigenvalue weighted by Crippen LogP contribution is 2.16. The standard InChI is InChI=1S/C20H24ClN5O3/c1-12-8-25(9-13(2)29-12)11-16-22-18-17(19(27)23-20(28)24(18)3)26(16)10-14-5-4-6-15(21)7-14/h4-7,12-13H,8-11H2,1-3H3,(H,23,27,28)/p+1/t12-,13-/m1/s1. The van der Waals surface area contributed by atoms with Crippen LogP contribution < -0.4 is 16.1 Å². The molecule has 1 aromatic carbocycles. The zero-order chi connectivity index (χ0) is 20.7. The number of nitrogens with one attached hydrogen (secondary N) is 2. The second-order valence-corrected chi connectivity index (χ2v) is 8.26. The summed E-state index contributed by atoms with van der Waals surface area (Å²) in [5.74, 6) is 0.767. The second-order valence-electron chi connectivity index (χ2n) is 7.83. The van der Waals surface area contributed by atoms with Crippen LogP contribution in [-0.2, 0) is 24.9 Å². The van der Waals surface area contributed by atoms with E-state index < -0.39 is 11.2 Å². The van der Waals surface area contributed by atoms with Gasteiger partial charge >= 0.3 is 5.69 Å². The molecule has 0 unspecified atom stereocenters. The molecule has 0 amide bonds. The highest BCUT2D eigenvalue weighted by atomic mass is 35.5. The highest BCUT2D eigenvalue weighted by molar-refractivity contribution is 6.30. The van der Waals surface area contributed by atoms with Crippen molar-refractivity contribution in [3.63, 3.8) is 0 Å². The topological polar surface area (TPSA) is 86.4 Å². The number of rotatable bonds is 4. The fourth-order valence-corrected chi connectivity index (χ4v) is 4.37. The summed E-state index contributed by atoms with van der Waals surface area (Å²) in [6, 6.07) is 7.53. The maximum atomic E-state index is 12.7. The van der Waals surface area contributed by atoms with Crippen molar-refractivity contribution in [3.05, 3.63) is 61.5 Å². The first-order valence-electron chi connectivity index (χ1n) is 9.73. The summed E-state index contributed by atoms with van der Waals surface area (Å²) in [6.07, 6.45) is 0.319. The molecule has 0 radical (unpaired) electrons. The Morgan fingerprint density at radius 3 is 2.69 bits per heavy atom. The quantitative estimate of drug-likeness (QED) is 0.638. The van der Waals surface area contributed by atoms with Crippen LogP contribution in [0.25, 0.3) is 11.2 Å². The van der Waals surface area contributed by atoms with Gasteiger partial charge in [0.05, 0.1) is 0 Å². The van der Waals surface area contributed by atoms with E-state index in [1.807, 2.05) is 28.8 Å². The van der Waals surface area contributed by atoms with Crippen molar-refractivity contribution in [2.75, 3.05) is 13.1 Å². The number of halogens is 1. The molecule has 8 nitrogen and oxygen atoms in total. The smallest absolute Gasteiger partial charge is 0.329 e. The van der Waals surface area contributed by atoms with Crippen molar-refractivity contribution in [3.8, 4) is 0 Å². The van der Waals surface area contributed by atoms with Gasteiger partial charge in [0.2, 0.25) is 0 Å². The van der Waals surface area contributed by atoms with Crippen LogP contribution in [0.5, 0.6) is 0 Å². The van der Waals surface area contributed by atoms with Crippen molar-refractivity contribution >= 4 is 22.8 Å². The van der Waals surface area contributed by atoms with Gasteiger partial charge in [-0.1, -0.05) is 23.7 Å². The molecule has 1 aliphatic rings. The minimum Gasteiger partial charge on any atom is -0.364 e. The molecule has 4 rings (SSSR count). The lowest BCUT2D eigenvalue weighted by Gasteiger charge is -2.32. The van der Waals surface area contributed by atoms with Gasteiger partial charge in [0, 0.05) is 18.6 Å². The number of morpholine rings is 1. The summed E-state index contributed by atoms with van der Waals surface area (Å²) < 4.78 is 9.13. The Labute approximate surface area is 172 Å². The van der Waals surface area contributed by atoms with Crippen LogP contribution in [0.15, 0.2) is 33.9 Å². The first-order chi connectivity index (χ1) is 13.8. The van der Waals surface area contributed by atoms with E-state index in [0.717, 1.165) is 24.5 Å². The van der Waals surface area contributed by atoms with Crippen LogP contribution in [0, 0.1) is 0 Å². The highest BCUT2D eigenvalue weighted by Gasteiger charge is 2.28. The molecule has 0 aliphatic carbocycles. The largest absolute Gasteiger partial charge is 0.364 e. The normalized spacial score (nSPS) is 22.3. The van der Waals surface area contributed by atoms with Gasteiger partial charge in [0.15, 0.2) is 17.0 Å². The maximum absolute atomic E-state index is 12.7. The number of quaternary nitrogens is 1. The van der Waals surface area contributed by atoms with E-state index in [2.05, 4.69) is 18.8 Å². The van der Waals surface area contributed by atoms with Gasteiger partial charge in [0.25, 0.3) is 5.56 Å². The van der Waals surface area contributed by atoms with Gasteiger partial charge in [-0.15, -0.1) is 0 Å². The molecular weight excluding hydrogens is 394 g/mol. The third kappa shape index (κ3) is 4.01. The molecular formula is C20H25ClN5O3+. The first-order valence-corrected chi connectivity index (χ1v) is 10.1. The number of fused-ring (bicyclic) bond motifs is 1. The lowest BCUT2D eigenvalue weighted by Crippen LogP contribution is -3.14. The Hall–Kier alpha value is -2.42. The van der Waals surface area contributed by atoms with E-state index >= 15 is 0 Å². The van der Waals surface area contributed by atoms with E-state index in [1.165, 1.54) is 9.47 Å². The van der Waals surface area contributed by atoms with Gasteiger partial charge in [-0.05, 0) is 31.5 Å². The monoisotopic (exact) mass is 418 g/mol. The fourth-order valence-electron chi connectivity index (χ4n) is 4.16. The Kier molecular flexibility index (Phi) is 5.33. The summed E-state index contributed by atoms with van der Waals surface area (Å²) in [5, 5.41) is 0.635. The van der Waals surface area contributed by atoms with Gasteiger partial charge in [-0.2, -0.15) is 0 Å². The fraction of sp³-hybridized carbons (Fsp3) is 0.450. The molecule has 3 aromatic rings. The van der Waals surface area contributed by atoms with Crippen LogP contribution in [0.1, 0.15) is 25.2 Å². The molecule has 2 aromatic heterocycles. The number of aryl methyl sites for hydroxylation is 1. The van der Waals surface area contributed by atoms with Crippen molar-refractivity contribution in [1.29, 1.82) is 0 Å². The lowest BCUT2D eigenvalue weighted by molar-refractivity contribution is -0.929. The molecule has 0 bridgehead atoms. The molecule has 154 valence electrons. The molecule has 9 heteroatoms. The number of aromatic nitrogens is 4. The molecule has 0 spiro atoms. The van der Waals surface area contributed by atoms with Crippen LogP contribution >= 0.6 is 11.6 Å². The number of benzene rings is 1. The number of hydrogen-bond donors (Lipinski definition) is 2. The predicted molar refractivity (Wildman–Crippen MR) is 111 cm³/mol. The Morgan fingerprint density at radius 2 is 2.00 bits per heavy atom.